The van der Waals surface area contributed by atoms with Crippen LogP contribution in [-0.4, -0.2) is 5.16 Å². The average Bonchev–Trinajstić information content (AvgIpc) is 2.49. The highest BCUT2D eigenvalue weighted by Crippen LogP contribution is 2.27. The highest BCUT2D eigenvalue weighted by molar-refractivity contribution is 7.80. The van der Waals surface area contributed by atoms with Gasteiger partial charge in [0.1, 0.15) is 11.5 Å². The fraction of sp³-hybridized carbons (Fsp3) is 0.100. The fourth-order valence-electron chi connectivity index (χ4n) is 1.15. The molecule has 0 unspecified atom stereocenters. The molecule has 0 bridgehead atoms. The second kappa shape index (κ2) is 3.26. The van der Waals surface area contributed by atoms with E-state index >= 15 is 0 Å². The van der Waals surface area contributed by atoms with Crippen molar-refractivity contribution in [2.75, 3.05) is 0 Å². The van der Waals surface area contributed by atoms with Gasteiger partial charge in [0.25, 0.3) is 0 Å². The molecule has 0 spiro atoms. The van der Waals surface area contributed by atoms with Crippen LogP contribution >= 0.6 is 12.6 Å². The van der Waals surface area contributed by atoms with Crippen LogP contribution in [-0.2, 0) is 0 Å². The normalized spacial score (nSPS) is 10.3. The molecule has 66 valence electrons. The second-order valence-electron chi connectivity index (χ2n) is 2.80. The lowest BCUT2D eigenvalue weighted by atomic mass is 10.1. The van der Waals surface area contributed by atoms with Crippen molar-refractivity contribution in [1.82, 2.24) is 5.16 Å². The summed E-state index contributed by atoms with van der Waals surface area (Å²) >= 11 is 4.32. The van der Waals surface area contributed by atoms with Crippen molar-refractivity contribution < 1.29 is 4.52 Å². The molecule has 2 aromatic rings. The Bertz CT molecular complexity index is 408. The zero-order valence-corrected chi connectivity index (χ0v) is 8.08. The maximum atomic E-state index is 5.02. The number of benzene rings is 1. The van der Waals surface area contributed by atoms with Crippen LogP contribution in [0.1, 0.15) is 5.76 Å². The van der Waals surface area contributed by atoms with Crippen molar-refractivity contribution in [3.63, 3.8) is 0 Å². The highest BCUT2D eigenvalue weighted by atomic mass is 32.1. The summed E-state index contributed by atoms with van der Waals surface area (Å²) in [6.07, 6.45) is 0. The molecule has 0 atom stereocenters. The van der Waals surface area contributed by atoms with Crippen molar-refractivity contribution in [2.24, 2.45) is 0 Å². The van der Waals surface area contributed by atoms with E-state index in [4.69, 9.17) is 4.52 Å². The molecular weight excluding hydrogens is 182 g/mol. The summed E-state index contributed by atoms with van der Waals surface area (Å²) in [5.41, 5.74) is 1.84. The molecule has 0 radical (unpaired) electrons. The van der Waals surface area contributed by atoms with Crippen LogP contribution in [0, 0.1) is 6.92 Å². The van der Waals surface area contributed by atoms with Crippen LogP contribution < -0.4 is 0 Å². The van der Waals surface area contributed by atoms with Crippen LogP contribution in [0.25, 0.3) is 11.3 Å². The van der Waals surface area contributed by atoms with E-state index in [1.807, 2.05) is 37.3 Å². The molecule has 3 heteroatoms. The Morgan fingerprint density at radius 2 is 1.92 bits per heavy atom. The van der Waals surface area contributed by atoms with Crippen LogP contribution in [0.5, 0.6) is 0 Å². The molecule has 1 aromatic heterocycles. The van der Waals surface area contributed by atoms with Gasteiger partial charge in [0.2, 0.25) is 0 Å². The number of aryl methyl sites for hydroxylation is 1. The second-order valence-corrected chi connectivity index (χ2v) is 3.25. The lowest BCUT2D eigenvalue weighted by Gasteiger charge is -1.94. The maximum absolute atomic E-state index is 5.02. The van der Waals surface area contributed by atoms with Crippen LogP contribution in [0.2, 0.25) is 0 Å². The molecule has 0 saturated carbocycles. The standard InChI is InChI=1S/C10H9NOS/c1-7-10(13)9(11-12-7)8-5-3-2-4-6-8/h2-6,13H,1H3. The third-order valence-corrected chi connectivity index (χ3v) is 2.41. The molecular formula is C10H9NOS. The monoisotopic (exact) mass is 191 g/mol. The SMILES string of the molecule is Cc1onc(-c2ccccc2)c1S. The van der Waals surface area contributed by atoms with Crippen molar-refractivity contribution in [1.29, 1.82) is 0 Å². The number of hydrogen-bond acceptors (Lipinski definition) is 3. The van der Waals surface area contributed by atoms with Crippen LogP contribution in [0.15, 0.2) is 39.8 Å². The van der Waals surface area contributed by atoms with Gasteiger partial charge in [-0.3, -0.25) is 0 Å². The fourth-order valence-corrected chi connectivity index (χ4v) is 1.36. The molecule has 0 fully saturated rings. The first-order valence-electron chi connectivity index (χ1n) is 3.99. The number of aromatic nitrogens is 1. The van der Waals surface area contributed by atoms with E-state index in [2.05, 4.69) is 17.8 Å². The van der Waals surface area contributed by atoms with E-state index < -0.39 is 0 Å². The van der Waals surface area contributed by atoms with Gasteiger partial charge in [0.15, 0.2) is 0 Å². The smallest absolute Gasteiger partial charge is 0.147 e. The Labute approximate surface area is 82.0 Å². The Morgan fingerprint density at radius 3 is 2.46 bits per heavy atom. The van der Waals surface area contributed by atoms with Gasteiger partial charge < -0.3 is 4.52 Å². The average molecular weight is 191 g/mol. The maximum Gasteiger partial charge on any atom is 0.147 e. The lowest BCUT2D eigenvalue weighted by Crippen LogP contribution is -1.76. The molecule has 2 nitrogen and oxygen atoms in total. The van der Waals surface area contributed by atoms with Gasteiger partial charge in [-0.15, -0.1) is 12.6 Å². The van der Waals surface area contributed by atoms with E-state index in [9.17, 15) is 0 Å². The van der Waals surface area contributed by atoms with E-state index in [0.717, 1.165) is 21.9 Å². The summed E-state index contributed by atoms with van der Waals surface area (Å²) in [7, 11) is 0. The van der Waals surface area contributed by atoms with Gasteiger partial charge in [0, 0.05) is 5.56 Å². The number of nitrogens with zero attached hydrogens (tertiary/aromatic N) is 1. The summed E-state index contributed by atoms with van der Waals surface area (Å²) < 4.78 is 5.02. The third kappa shape index (κ3) is 1.47. The topological polar surface area (TPSA) is 26.0 Å². The highest BCUT2D eigenvalue weighted by Gasteiger charge is 2.09. The van der Waals surface area contributed by atoms with Gasteiger partial charge in [-0.05, 0) is 6.92 Å². The number of rotatable bonds is 1. The summed E-state index contributed by atoms with van der Waals surface area (Å²) in [6, 6.07) is 9.86. The molecule has 0 saturated heterocycles. The molecule has 0 aliphatic heterocycles. The van der Waals surface area contributed by atoms with E-state index in [-0.39, 0.29) is 0 Å². The van der Waals surface area contributed by atoms with E-state index in [0.29, 0.717) is 0 Å². The molecule has 0 aliphatic rings. The predicted octanol–water partition coefficient (Wildman–Crippen LogP) is 2.94. The zero-order valence-electron chi connectivity index (χ0n) is 7.19. The van der Waals surface area contributed by atoms with Crippen LogP contribution in [0.4, 0.5) is 0 Å². The van der Waals surface area contributed by atoms with Crippen molar-refractivity contribution in [3.05, 3.63) is 36.1 Å². The summed E-state index contributed by atoms with van der Waals surface area (Å²) in [5.74, 6) is 0.752. The summed E-state index contributed by atoms with van der Waals surface area (Å²) in [5, 5.41) is 3.93. The molecule has 1 aromatic carbocycles. The Kier molecular flexibility index (Phi) is 2.10. The van der Waals surface area contributed by atoms with Gasteiger partial charge >= 0.3 is 0 Å². The summed E-state index contributed by atoms with van der Waals surface area (Å²) in [6.45, 7) is 1.85. The molecule has 0 aliphatic carbocycles. The quantitative estimate of drug-likeness (QED) is 0.701. The molecule has 13 heavy (non-hydrogen) atoms. The first kappa shape index (κ1) is 8.38. The molecule has 0 N–H and O–H groups in total. The molecule has 1 heterocycles. The Balaban J connectivity index is 2.53. The van der Waals surface area contributed by atoms with Gasteiger partial charge in [-0.1, -0.05) is 35.5 Å². The molecule has 0 amide bonds. The van der Waals surface area contributed by atoms with Crippen LogP contribution in [0.3, 0.4) is 0 Å². The van der Waals surface area contributed by atoms with Crippen molar-refractivity contribution in [3.8, 4) is 11.3 Å². The van der Waals surface area contributed by atoms with E-state index in [1.165, 1.54) is 0 Å². The Morgan fingerprint density at radius 1 is 1.23 bits per heavy atom. The third-order valence-electron chi connectivity index (χ3n) is 1.88. The molecule has 2 rings (SSSR count). The van der Waals surface area contributed by atoms with Gasteiger partial charge in [-0.25, -0.2) is 0 Å². The minimum absolute atomic E-state index is 0.752. The van der Waals surface area contributed by atoms with Gasteiger partial charge in [-0.2, -0.15) is 0 Å². The summed E-state index contributed by atoms with van der Waals surface area (Å²) in [4.78, 5) is 0.811. The predicted molar refractivity (Wildman–Crippen MR) is 53.9 cm³/mol. The first-order chi connectivity index (χ1) is 6.29. The van der Waals surface area contributed by atoms with Crippen molar-refractivity contribution in [2.45, 2.75) is 11.8 Å². The number of hydrogen-bond donors (Lipinski definition) is 1. The first-order valence-corrected chi connectivity index (χ1v) is 4.44. The zero-order chi connectivity index (χ0) is 9.26. The minimum Gasteiger partial charge on any atom is -0.360 e. The van der Waals surface area contributed by atoms with E-state index in [1.54, 1.807) is 0 Å². The number of thiol groups is 1. The van der Waals surface area contributed by atoms with Gasteiger partial charge in [0.05, 0.1) is 4.90 Å². The largest absolute Gasteiger partial charge is 0.360 e. The lowest BCUT2D eigenvalue weighted by molar-refractivity contribution is 0.396. The Hall–Kier alpha value is -1.22. The van der Waals surface area contributed by atoms with Crippen molar-refractivity contribution >= 4 is 12.6 Å². The minimum atomic E-state index is 0.752.